The number of carbonyl (C=O) groups is 1. The fourth-order valence-electron chi connectivity index (χ4n) is 2.42. The van der Waals surface area contributed by atoms with Gasteiger partial charge in [-0.3, -0.25) is 4.79 Å². The first-order valence-corrected chi connectivity index (χ1v) is 9.40. The molecule has 0 bridgehead atoms. The Kier molecular flexibility index (Phi) is 5.61. The van der Waals surface area contributed by atoms with Gasteiger partial charge in [0, 0.05) is 21.3 Å². The summed E-state index contributed by atoms with van der Waals surface area (Å²) >= 11 is 7.46. The molecule has 0 saturated heterocycles. The van der Waals surface area contributed by atoms with Gasteiger partial charge in [0.05, 0.1) is 11.1 Å². The second kappa shape index (κ2) is 7.89. The molecule has 3 aromatic rings. The number of carbonyl (C=O) groups excluding carboxylic acids is 1. The second-order valence-corrected chi connectivity index (χ2v) is 7.39. The largest absolute Gasteiger partial charge is 0.350 e. The number of nitrogens with one attached hydrogen (secondary N) is 1. The predicted octanol–water partition coefficient (Wildman–Crippen LogP) is 5.57. The van der Waals surface area contributed by atoms with Gasteiger partial charge in [0.15, 0.2) is 0 Å². The molecule has 0 fully saturated rings. The Morgan fingerprint density at radius 3 is 2.64 bits per heavy atom. The number of hydrogen-bond acceptors (Lipinski definition) is 3. The number of amides is 1. The number of aromatic nitrogens is 1. The number of pyridine rings is 1. The third-order valence-corrected chi connectivity index (χ3v) is 5.14. The molecule has 128 valence electrons. The zero-order valence-corrected chi connectivity index (χ0v) is 15.7. The second-order valence-electron chi connectivity index (χ2n) is 5.86. The maximum Gasteiger partial charge on any atom is 0.252 e. The molecule has 1 heterocycles. The summed E-state index contributed by atoms with van der Waals surface area (Å²) in [5.74, 6) is -0.0640. The van der Waals surface area contributed by atoms with Crippen LogP contribution in [0.15, 0.2) is 64.5 Å². The van der Waals surface area contributed by atoms with Crippen molar-refractivity contribution in [1.82, 2.24) is 10.3 Å². The fourth-order valence-corrected chi connectivity index (χ4v) is 3.38. The SMILES string of the molecule is CC[C@H](C)NC(=O)c1cc(Sc2ccc(Cl)cc2)nc2ccccc12. The van der Waals surface area contributed by atoms with Crippen LogP contribution in [0.25, 0.3) is 10.9 Å². The minimum Gasteiger partial charge on any atom is -0.350 e. The summed E-state index contributed by atoms with van der Waals surface area (Å²) < 4.78 is 0. The summed E-state index contributed by atoms with van der Waals surface area (Å²) in [6.45, 7) is 4.06. The molecule has 1 N–H and O–H groups in total. The van der Waals surface area contributed by atoms with Crippen LogP contribution < -0.4 is 5.32 Å². The van der Waals surface area contributed by atoms with E-state index in [1.54, 1.807) is 0 Å². The van der Waals surface area contributed by atoms with E-state index in [0.29, 0.717) is 10.6 Å². The Hall–Kier alpha value is -2.04. The zero-order chi connectivity index (χ0) is 17.8. The monoisotopic (exact) mass is 370 g/mol. The smallest absolute Gasteiger partial charge is 0.252 e. The van der Waals surface area contributed by atoms with E-state index in [1.165, 1.54) is 11.8 Å². The lowest BCUT2D eigenvalue weighted by Gasteiger charge is -2.14. The van der Waals surface area contributed by atoms with Gasteiger partial charge < -0.3 is 5.32 Å². The number of fused-ring (bicyclic) bond motifs is 1. The van der Waals surface area contributed by atoms with E-state index < -0.39 is 0 Å². The third-order valence-electron chi connectivity index (χ3n) is 3.96. The van der Waals surface area contributed by atoms with Crippen LogP contribution in [0.1, 0.15) is 30.6 Å². The van der Waals surface area contributed by atoms with Gasteiger partial charge in [0.1, 0.15) is 5.03 Å². The molecule has 0 radical (unpaired) electrons. The first-order chi connectivity index (χ1) is 12.1. The van der Waals surface area contributed by atoms with Crippen LogP contribution in [-0.4, -0.2) is 16.9 Å². The topological polar surface area (TPSA) is 42.0 Å². The van der Waals surface area contributed by atoms with Gasteiger partial charge in [0.25, 0.3) is 5.91 Å². The van der Waals surface area contributed by atoms with E-state index in [1.807, 2.05) is 61.5 Å². The van der Waals surface area contributed by atoms with E-state index in [9.17, 15) is 4.79 Å². The summed E-state index contributed by atoms with van der Waals surface area (Å²) in [6, 6.07) is 17.3. The van der Waals surface area contributed by atoms with Crippen molar-refractivity contribution in [2.75, 3.05) is 0 Å². The molecule has 0 aliphatic heterocycles. The third kappa shape index (κ3) is 4.33. The Balaban J connectivity index is 1.99. The van der Waals surface area contributed by atoms with Gasteiger partial charge in [-0.2, -0.15) is 0 Å². The van der Waals surface area contributed by atoms with Crippen LogP contribution in [0.5, 0.6) is 0 Å². The molecule has 2 aromatic carbocycles. The van der Waals surface area contributed by atoms with Crippen LogP contribution in [0, 0.1) is 0 Å². The van der Waals surface area contributed by atoms with Crippen molar-refractivity contribution in [3.8, 4) is 0 Å². The van der Waals surface area contributed by atoms with Gasteiger partial charge in [-0.15, -0.1) is 0 Å². The fraction of sp³-hybridized carbons (Fsp3) is 0.200. The van der Waals surface area contributed by atoms with Crippen molar-refractivity contribution in [3.63, 3.8) is 0 Å². The molecule has 0 saturated carbocycles. The molecule has 0 aliphatic rings. The Bertz CT molecular complexity index is 896. The van der Waals surface area contributed by atoms with E-state index in [2.05, 4.69) is 17.2 Å². The van der Waals surface area contributed by atoms with Gasteiger partial charge in [-0.05, 0) is 49.7 Å². The molecule has 25 heavy (non-hydrogen) atoms. The molecular formula is C20H19ClN2OS. The maximum atomic E-state index is 12.7. The van der Waals surface area contributed by atoms with Crippen molar-refractivity contribution in [1.29, 1.82) is 0 Å². The van der Waals surface area contributed by atoms with Crippen LogP contribution in [-0.2, 0) is 0 Å². The molecule has 1 atom stereocenters. The minimum atomic E-state index is -0.0640. The lowest BCUT2D eigenvalue weighted by molar-refractivity contribution is 0.0940. The number of para-hydroxylation sites is 1. The summed E-state index contributed by atoms with van der Waals surface area (Å²) in [5.41, 5.74) is 1.47. The highest BCUT2D eigenvalue weighted by atomic mass is 35.5. The Morgan fingerprint density at radius 2 is 1.92 bits per heavy atom. The number of hydrogen-bond donors (Lipinski definition) is 1. The van der Waals surface area contributed by atoms with E-state index in [4.69, 9.17) is 11.6 Å². The summed E-state index contributed by atoms with van der Waals surface area (Å²) in [4.78, 5) is 18.4. The van der Waals surface area contributed by atoms with E-state index >= 15 is 0 Å². The molecule has 0 aliphatic carbocycles. The molecule has 0 spiro atoms. The minimum absolute atomic E-state index is 0.0640. The molecule has 1 aromatic heterocycles. The van der Waals surface area contributed by atoms with E-state index in [-0.39, 0.29) is 11.9 Å². The lowest BCUT2D eigenvalue weighted by atomic mass is 10.1. The highest BCUT2D eigenvalue weighted by molar-refractivity contribution is 7.99. The van der Waals surface area contributed by atoms with Crippen LogP contribution >= 0.6 is 23.4 Å². The van der Waals surface area contributed by atoms with Crippen LogP contribution in [0.2, 0.25) is 5.02 Å². The maximum absolute atomic E-state index is 12.7. The first-order valence-electron chi connectivity index (χ1n) is 8.21. The van der Waals surface area contributed by atoms with Crippen molar-refractivity contribution in [2.24, 2.45) is 0 Å². The van der Waals surface area contributed by atoms with Crippen molar-refractivity contribution in [3.05, 3.63) is 65.2 Å². The van der Waals surface area contributed by atoms with Gasteiger partial charge in [-0.25, -0.2) is 4.98 Å². The van der Waals surface area contributed by atoms with Crippen molar-refractivity contribution >= 4 is 40.2 Å². The van der Waals surface area contributed by atoms with E-state index in [0.717, 1.165) is 27.2 Å². The average Bonchev–Trinajstić information content (AvgIpc) is 2.62. The lowest BCUT2D eigenvalue weighted by Crippen LogP contribution is -2.32. The highest BCUT2D eigenvalue weighted by Gasteiger charge is 2.15. The van der Waals surface area contributed by atoms with Gasteiger partial charge >= 0.3 is 0 Å². The summed E-state index contributed by atoms with van der Waals surface area (Å²) in [7, 11) is 0. The number of nitrogens with zero attached hydrogens (tertiary/aromatic N) is 1. The van der Waals surface area contributed by atoms with Gasteiger partial charge in [-0.1, -0.05) is 48.5 Å². The number of halogens is 1. The quantitative estimate of drug-likeness (QED) is 0.638. The molecule has 3 nitrogen and oxygen atoms in total. The van der Waals surface area contributed by atoms with Crippen molar-refractivity contribution < 1.29 is 4.79 Å². The van der Waals surface area contributed by atoms with Crippen molar-refractivity contribution in [2.45, 2.75) is 36.2 Å². The zero-order valence-electron chi connectivity index (χ0n) is 14.1. The summed E-state index contributed by atoms with van der Waals surface area (Å²) in [6.07, 6.45) is 0.890. The Labute approximate surface area is 156 Å². The summed E-state index contributed by atoms with van der Waals surface area (Å²) in [5, 5.41) is 5.39. The number of benzene rings is 2. The average molecular weight is 371 g/mol. The molecular weight excluding hydrogens is 352 g/mol. The number of rotatable bonds is 5. The molecule has 0 unspecified atom stereocenters. The molecule has 1 amide bonds. The molecule has 3 rings (SSSR count). The van der Waals surface area contributed by atoms with Gasteiger partial charge in [0.2, 0.25) is 0 Å². The first kappa shape index (κ1) is 17.8. The molecule has 5 heteroatoms. The van der Waals surface area contributed by atoms with Crippen LogP contribution in [0.3, 0.4) is 0 Å². The standard InChI is InChI=1S/C20H19ClN2OS/c1-3-13(2)22-20(24)17-12-19(23-18-7-5-4-6-16(17)18)25-15-10-8-14(21)9-11-15/h4-13H,3H2,1-2H3,(H,22,24)/t13-/m0/s1. The normalized spacial score (nSPS) is 12.1. The highest BCUT2D eigenvalue weighted by Crippen LogP contribution is 2.30. The predicted molar refractivity (Wildman–Crippen MR) is 105 cm³/mol. The Morgan fingerprint density at radius 1 is 1.20 bits per heavy atom. The van der Waals surface area contributed by atoms with Crippen LogP contribution in [0.4, 0.5) is 0 Å².